The molecule has 10 heteroatoms. The van der Waals surface area contributed by atoms with Crippen molar-refractivity contribution in [3.63, 3.8) is 0 Å². The number of ether oxygens (including phenoxy) is 1. The molecule has 0 fully saturated rings. The van der Waals surface area contributed by atoms with Crippen molar-refractivity contribution >= 4 is 5.91 Å². The highest BCUT2D eigenvalue weighted by Gasteiger charge is 2.39. The van der Waals surface area contributed by atoms with E-state index in [1.54, 1.807) is 30.3 Å². The number of benzene rings is 2. The summed E-state index contributed by atoms with van der Waals surface area (Å²) in [6.07, 6.45) is -4.77. The molecule has 1 aromatic heterocycles. The summed E-state index contributed by atoms with van der Waals surface area (Å²) in [5.74, 6) is -3.28. The van der Waals surface area contributed by atoms with Gasteiger partial charge in [-0.25, -0.2) is 4.39 Å². The summed E-state index contributed by atoms with van der Waals surface area (Å²) in [5, 5.41) is 5.94. The zero-order valence-electron chi connectivity index (χ0n) is 16.0. The highest BCUT2D eigenvalue weighted by Crippen LogP contribution is 2.32. The normalized spacial score (nSPS) is 13.7. The Kier molecular flexibility index (Phi) is 5.88. The van der Waals surface area contributed by atoms with Gasteiger partial charge in [-0.1, -0.05) is 41.6 Å². The first-order chi connectivity index (χ1) is 14.1. The van der Waals surface area contributed by atoms with Crippen molar-refractivity contribution < 1.29 is 31.6 Å². The van der Waals surface area contributed by atoms with E-state index in [0.29, 0.717) is 11.1 Å². The van der Waals surface area contributed by atoms with Gasteiger partial charge in [-0.2, -0.15) is 18.2 Å². The Balaban J connectivity index is 1.94. The van der Waals surface area contributed by atoms with Crippen LogP contribution >= 0.6 is 0 Å². The number of alkyl halides is 3. The summed E-state index contributed by atoms with van der Waals surface area (Å²) in [5.41, 5.74) is -0.452. The average molecular weight is 423 g/mol. The van der Waals surface area contributed by atoms with Crippen LogP contribution in [0, 0.1) is 5.82 Å². The van der Waals surface area contributed by atoms with Crippen LogP contribution in [0.1, 0.15) is 23.9 Å². The highest BCUT2D eigenvalue weighted by molar-refractivity contribution is 5.74. The van der Waals surface area contributed by atoms with Crippen LogP contribution < -0.4 is 5.32 Å². The molecular weight excluding hydrogens is 406 g/mol. The number of nitrogens with zero attached hydrogens (tertiary/aromatic N) is 2. The van der Waals surface area contributed by atoms with E-state index >= 15 is 0 Å². The molecule has 0 aliphatic rings. The van der Waals surface area contributed by atoms with E-state index in [9.17, 15) is 22.4 Å². The maximum absolute atomic E-state index is 14.7. The molecule has 1 heterocycles. The molecule has 0 aliphatic heterocycles. The quantitative estimate of drug-likeness (QED) is 0.478. The molecule has 0 spiro atoms. The second-order valence-corrected chi connectivity index (χ2v) is 6.49. The molecule has 1 N–H and O–H groups in total. The van der Waals surface area contributed by atoms with Crippen LogP contribution in [0.4, 0.5) is 17.6 Å². The first-order valence-corrected chi connectivity index (χ1v) is 8.74. The van der Waals surface area contributed by atoms with E-state index in [4.69, 9.17) is 4.74 Å². The molecule has 1 unspecified atom stereocenters. The number of rotatable bonds is 6. The van der Waals surface area contributed by atoms with Gasteiger partial charge in [0.15, 0.2) is 5.72 Å². The molecule has 0 saturated carbocycles. The number of aromatic nitrogens is 2. The van der Waals surface area contributed by atoms with E-state index in [1.165, 1.54) is 26.2 Å². The fourth-order valence-electron chi connectivity index (χ4n) is 3.04. The van der Waals surface area contributed by atoms with Crippen LogP contribution in [0.15, 0.2) is 53.1 Å². The van der Waals surface area contributed by atoms with Crippen molar-refractivity contribution in [3.8, 4) is 11.4 Å². The van der Waals surface area contributed by atoms with E-state index in [0.717, 1.165) is 6.07 Å². The molecule has 1 amide bonds. The third-order valence-electron chi connectivity index (χ3n) is 4.36. The van der Waals surface area contributed by atoms with Gasteiger partial charge in [0.2, 0.25) is 11.7 Å². The summed E-state index contributed by atoms with van der Waals surface area (Å²) in [7, 11) is 1.41. The Morgan fingerprint density at radius 1 is 1.17 bits per heavy atom. The van der Waals surface area contributed by atoms with Crippen LogP contribution in [0.3, 0.4) is 0 Å². The monoisotopic (exact) mass is 423 g/mol. The predicted octanol–water partition coefficient (Wildman–Crippen LogP) is 4.07. The maximum Gasteiger partial charge on any atom is 0.471 e. The smallest absolute Gasteiger partial charge is 0.354 e. The second kappa shape index (κ2) is 8.23. The lowest BCUT2D eigenvalue weighted by molar-refractivity contribution is -0.159. The minimum absolute atomic E-state index is 0.0599. The largest absolute Gasteiger partial charge is 0.471 e. The summed E-state index contributed by atoms with van der Waals surface area (Å²) in [6, 6.07) is 12.7. The molecule has 0 radical (unpaired) electrons. The summed E-state index contributed by atoms with van der Waals surface area (Å²) < 4.78 is 62.3. The van der Waals surface area contributed by atoms with Crippen LogP contribution in [0.25, 0.3) is 11.4 Å². The van der Waals surface area contributed by atoms with Gasteiger partial charge in [0.05, 0.1) is 5.56 Å². The number of carbonyl (C=O) groups excluding carboxylic acids is 1. The minimum atomic E-state index is -4.83. The van der Waals surface area contributed by atoms with Gasteiger partial charge in [0.1, 0.15) is 5.82 Å². The molecule has 30 heavy (non-hydrogen) atoms. The van der Waals surface area contributed by atoms with Gasteiger partial charge in [-0.05, 0) is 17.7 Å². The Bertz CT molecular complexity index is 1040. The summed E-state index contributed by atoms with van der Waals surface area (Å²) in [4.78, 5) is 15.0. The Hall–Kier alpha value is -3.27. The van der Waals surface area contributed by atoms with Crippen LogP contribution in [-0.4, -0.2) is 23.2 Å². The van der Waals surface area contributed by atoms with Crippen molar-refractivity contribution in [1.29, 1.82) is 0 Å². The van der Waals surface area contributed by atoms with Crippen molar-refractivity contribution in [1.82, 2.24) is 15.5 Å². The second-order valence-electron chi connectivity index (χ2n) is 6.49. The van der Waals surface area contributed by atoms with Gasteiger partial charge >= 0.3 is 12.1 Å². The third-order valence-corrected chi connectivity index (χ3v) is 4.36. The number of carbonyl (C=O) groups is 1. The van der Waals surface area contributed by atoms with Crippen molar-refractivity contribution in [2.24, 2.45) is 0 Å². The number of amides is 1. The van der Waals surface area contributed by atoms with Crippen molar-refractivity contribution in [2.45, 2.75) is 25.2 Å². The highest BCUT2D eigenvalue weighted by atomic mass is 19.4. The Morgan fingerprint density at radius 3 is 2.40 bits per heavy atom. The third kappa shape index (κ3) is 4.48. The fraction of sp³-hybridized carbons (Fsp3) is 0.250. The molecular formula is C20H17F4N3O3. The molecule has 6 nitrogen and oxygen atoms in total. The zero-order valence-corrected chi connectivity index (χ0v) is 16.0. The average Bonchev–Trinajstić information content (AvgIpc) is 3.18. The summed E-state index contributed by atoms with van der Waals surface area (Å²) in [6.45, 7) is 1.33. The molecule has 3 aromatic rings. The molecule has 2 aromatic carbocycles. The number of hydrogen-bond acceptors (Lipinski definition) is 5. The number of methoxy groups -OCH3 is 1. The lowest BCUT2D eigenvalue weighted by Gasteiger charge is -2.34. The Labute approximate surface area is 168 Å². The number of halogens is 4. The van der Waals surface area contributed by atoms with Crippen LogP contribution in [0.2, 0.25) is 0 Å². The number of nitrogens with one attached hydrogen (secondary N) is 1. The molecule has 3 rings (SSSR count). The summed E-state index contributed by atoms with van der Waals surface area (Å²) >= 11 is 0. The van der Waals surface area contributed by atoms with Gasteiger partial charge < -0.3 is 14.6 Å². The molecule has 0 bridgehead atoms. The minimum Gasteiger partial charge on any atom is -0.354 e. The SMILES string of the molecule is COC(Cc1ccc(-c2noc(C(F)(F)F)n2)c(F)c1)(NC(C)=O)c1ccccc1. The van der Waals surface area contributed by atoms with E-state index in [-0.39, 0.29) is 17.9 Å². The van der Waals surface area contributed by atoms with Gasteiger partial charge in [-0.3, -0.25) is 4.79 Å². The van der Waals surface area contributed by atoms with Crippen molar-refractivity contribution in [2.75, 3.05) is 7.11 Å². The van der Waals surface area contributed by atoms with Gasteiger partial charge in [0.25, 0.3) is 0 Å². The first kappa shape index (κ1) is 21.4. The lowest BCUT2D eigenvalue weighted by atomic mass is 9.93. The first-order valence-electron chi connectivity index (χ1n) is 8.74. The molecule has 158 valence electrons. The van der Waals surface area contributed by atoms with Crippen LogP contribution in [-0.2, 0) is 27.9 Å². The topological polar surface area (TPSA) is 77.2 Å². The van der Waals surface area contributed by atoms with E-state index < -0.39 is 29.4 Å². The number of hydrogen-bond donors (Lipinski definition) is 1. The fourth-order valence-corrected chi connectivity index (χ4v) is 3.04. The molecule has 1 atom stereocenters. The molecule has 0 aliphatic carbocycles. The zero-order chi connectivity index (χ0) is 21.9. The van der Waals surface area contributed by atoms with Gasteiger partial charge in [0, 0.05) is 26.0 Å². The Morgan fingerprint density at radius 2 is 1.87 bits per heavy atom. The lowest BCUT2D eigenvalue weighted by Crippen LogP contribution is -2.48. The van der Waals surface area contributed by atoms with E-state index in [1.807, 2.05) is 0 Å². The molecule has 0 saturated heterocycles. The van der Waals surface area contributed by atoms with Crippen LogP contribution in [0.5, 0.6) is 0 Å². The maximum atomic E-state index is 14.7. The predicted molar refractivity (Wildman–Crippen MR) is 97.3 cm³/mol. The van der Waals surface area contributed by atoms with E-state index in [2.05, 4.69) is 20.0 Å². The van der Waals surface area contributed by atoms with Gasteiger partial charge in [-0.15, -0.1) is 0 Å². The van der Waals surface area contributed by atoms with Crippen molar-refractivity contribution in [3.05, 3.63) is 71.4 Å². The standard InChI is InChI=1S/C20H17F4N3O3/c1-12(28)26-19(29-2,14-6-4-3-5-7-14)11-13-8-9-15(16(21)10-13)17-25-18(30-27-17)20(22,23)24/h3-10H,11H2,1-2H3,(H,26,28).